The third kappa shape index (κ3) is 4.80. The molecule has 2 aliphatic heterocycles. The van der Waals surface area contributed by atoms with Crippen molar-refractivity contribution in [2.24, 2.45) is 0 Å². The summed E-state index contributed by atoms with van der Waals surface area (Å²) in [5.41, 5.74) is 3.17. The second-order valence-electron chi connectivity index (χ2n) is 10.1. The summed E-state index contributed by atoms with van der Waals surface area (Å²) in [6, 6.07) is 13.4. The Kier molecular flexibility index (Phi) is 6.09. The molecule has 35 heavy (non-hydrogen) atoms. The molecule has 0 unspecified atom stereocenters. The molecule has 0 saturated carbocycles. The summed E-state index contributed by atoms with van der Waals surface area (Å²) < 4.78 is 5.45. The van der Waals surface area contributed by atoms with Gasteiger partial charge in [0.05, 0.1) is 16.1 Å². The molecule has 3 aromatic rings. The van der Waals surface area contributed by atoms with Crippen molar-refractivity contribution in [3.8, 4) is 11.4 Å². The number of halogens is 1. The van der Waals surface area contributed by atoms with Crippen LogP contribution in [0.15, 0.2) is 42.5 Å². The molecule has 0 aliphatic carbocycles. The van der Waals surface area contributed by atoms with Gasteiger partial charge in [-0.1, -0.05) is 23.7 Å². The van der Waals surface area contributed by atoms with Gasteiger partial charge in [0.15, 0.2) is 0 Å². The van der Waals surface area contributed by atoms with Gasteiger partial charge in [-0.25, -0.2) is 9.78 Å². The van der Waals surface area contributed by atoms with Crippen molar-refractivity contribution < 1.29 is 14.3 Å². The van der Waals surface area contributed by atoms with E-state index < -0.39 is 17.7 Å². The van der Waals surface area contributed by atoms with E-state index in [0.717, 1.165) is 28.1 Å². The molecule has 184 valence electrons. The van der Waals surface area contributed by atoms with Gasteiger partial charge in [0.1, 0.15) is 17.5 Å². The van der Waals surface area contributed by atoms with Gasteiger partial charge in [-0.15, -0.1) is 0 Å². The van der Waals surface area contributed by atoms with E-state index in [4.69, 9.17) is 21.3 Å². The normalized spacial score (nSPS) is 18.5. The Balaban J connectivity index is 1.24. The van der Waals surface area contributed by atoms with Gasteiger partial charge in [-0.05, 0) is 57.5 Å². The standard InChI is InChI=1S/C26H30ClN5O3/c1-26(2,3)35-25(34)32-11-10-22(32)24(33)31-14-12-30(13-15-31)17-8-9-19(27)18(16-17)23-28-20-6-4-5-7-21(20)29-23/h4-9,16,22H,10-15H2,1-3H3,(H,28,29)/t22-/m0/s1. The number of imidazole rings is 1. The third-order valence-electron chi connectivity index (χ3n) is 6.48. The topological polar surface area (TPSA) is 81.8 Å². The number of likely N-dealkylation sites (tertiary alicyclic amines) is 1. The van der Waals surface area contributed by atoms with Crippen LogP contribution in [0.25, 0.3) is 22.4 Å². The number of rotatable bonds is 3. The minimum atomic E-state index is -0.578. The molecule has 2 aromatic carbocycles. The SMILES string of the molecule is CC(C)(C)OC(=O)N1CC[C@H]1C(=O)N1CCN(c2ccc(Cl)c(-c3nc4ccccc4[nH]3)c2)CC1. The minimum Gasteiger partial charge on any atom is -0.444 e. The van der Waals surface area contributed by atoms with Gasteiger partial charge >= 0.3 is 6.09 Å². The fraction of sp³-hybridized carbons (Fsp3) is 0.423. The largest absolute Gasteiger partial charge is 0.444 e. The van der Waals surface area contributed by atoms with E-state index in [1.807, 2.05) is 68.1 Å². The van der Waals surface area contributed by atoms with Crippen LogP contribution in [0, 0.1) is 0 Å². The number of fused-ring (bicyclic) bond motifs is 1. The number of para-hydroxylation sites is 2. The lowest BCUT2D eigenvalue weighted by molar-refractivity contribution is -0.141. The molecule has 8 nitrogen and oxygen atoms in total. The second-order valence-corrected chi connectivity index (χ2v) is 10.5. The van der Waals surface area contributed by atoms with Crippen LogP contribution in [0.2, 0.25) is 5.02 Å². The number of carbonyl (C=O) groups excluding carboxylic acids is 2. The van der Waals surface area contributed by atoms with Gasteiger partial charge in [0.25, 0.3) is 0 Å². The van der Waals surface area contributed by atoms with Crippen molar-refractivity contribution in [3.05, 3.63) is 47.5 Å². The lowest BCUT2D eigenvalue weighted by Crippen LogP contribution is -2.62. The fourth-order valence-electron chi connectivity index (χ4n) is 4.55. The maximum Gasteiger partial charge on any atom is 0.410 e. The van der Waals surface area contributed by atoms with E-state index in [0.29, 0.717) is 44.2 Å². The van der Waals surface area contributed by atoms with Crippen molar-refractivity contribution in [1.82, 2.24) is 19.8 Å². The predicted octanol–water partition coefficient (Wildman–Crippen LogP) is 4.54. The highest BCUT2D eigenvalue weighted by molar-refractivity contribution is 6.33. The predicted molar refractivity (Wildman–Crippen MR) is 137 cm³/mol. The molecule has 2 aliphatic rings. The number of benzene rings is 2. The first-order valence-corrected chi connectivity index (χ1v) is 12.4. The molecule has 0 spiro atoms. The lowest BCUT2D eigenvalue weighted by atomic mass is 10.0. The molecular formula is C26H30ClN5O3. The zero-order chi connectivity index (χ0) is 24.7. The van der Waals surface area contributed by atoms with Crippen LogP contribution in [-0.4, -0.2) is 76.1 Å². The third-order valence-corrected chi connectivity index (χ3v) is 6.81. The molecule has 5 rings (SSSR count). The summed E-state index contributed by atoms with van der Waals surface area (Å²) in [5, 5.41) is 0.633. The molecule has 1 N–H and O–H groups in total. The highest BCUT2D eigenvalue weighted by Crippen LogP contribution is 2.32. The highest BCUT2D eigenvalue weighted by atomic mass is 35.5. The number of anilines is 1. The Morgan fingerprint density at radius 2 is 1.80 bits per heavy atom. The van der Waals surface area contributed by atoms with Gasteiger partial charge in [0, 0.05) is 44.0 Å². The first kappa shape index (κ1) is 23.5. The molecule has 2 fully saturated rings. The molecule has 3 heterocycles. The van der Waals surface area contributed by atoms with Gasteiger partial charge in [-0.2, -0.15) is 0 Å². The Morgan fingerprint density at radius 1 is 1.06 bits per heavy atom. The van der Waals surface area contributed by atoms with Crippen LogP contribution in [-0.2, 0) is 9.53 Å². The summed E-state index contributed by atoms with van der Waals surface area (Å²) in [5.74, 6) is 0.736. The van der Waals surface area contributed by atoms with Crippen LogP contribution in [0.5, 0.6) is 0 Å². The van der Waals surface area contributed by atoms with Crippen LogP contribution < -0.4 is 4.90 Å². The van der Waals surface area contributed by atoms with E-state index in [9.17, 15) is 9.59 Å². The summed E-state index contributed by atoms with van der Waals surface area (Å²) in [4.78, 5) is 39.2. The number of piperazine rings is 1. The maximum atomic E-state index is 13.1. The molecular weight excluding hydrogens is 466 g/mol. The van der Waals surface area contributed by atoms with Crippen molar-refractivity contribution in [1.29, 1.82) is 0 Å². The molecule has 1 atom stereocenters. The summed E-state index contributed by atoms with van der Waals surface area (Å²) >= 11 is 6.52. The number of aromatic nitrogens is 2. The first-order valence-electron chi connectivity index (χ1n) is 12.0. The zero-order valence-corrected chi connectivity index (χ0v) is 21.0. The molecule has 9 heteroatoms. The molecule has 2 saturated heterocycles. The zero-order valence-electron chi connectivity index (χ0n) is 20.3. The van der Waals surface area contributed by atoms with Crippen molar-refractivity contribution in [2.75, 3.05) is 37.6 Å². The van der Waals surface area contributed by atoms with Gasteiger partial charge in [-0.3, -0.25) is 9.69 Å². The Morgan fingerprint density at radius 3 is 2.46 bits per heavy atom. The number of nitrogens with zero attached hydrogens (tertiary/aromatic N) is 4. The number of ether oxygens (including phenoxy) is 1. The number of carbonyl (C=O) groups is 2. The highest BCUT2D eigenvalue weighted by Gasteiger charge is 2.42. The van der Waals surface area contributed by atoms with E-state index in [-0.39, 0.29) is 5.91 Å². The quantitative estimate of drug-likeness (QED) is 0.576. The number of aromatic amines is 1. The average molecular weight is 496 g/mol. The average Bonchev–Trinajstić information content (AvgIpc) is 3.21. The van der Waals surface area contributed by atoms with E-state index in [2.05, 4.69) is 9.88 Å². The van der Waals surface area contributed by atoms with E-state index >= 15 is 0 Å². The molecule has 2 amide bonds. The minimum absolute atomic E-state index is 0.000768. The van der Waals surface area contributed by atoms with Crippen LogP contribution >= 0.6 is 11.6 Å². The fourth-order valence-corrected chi connectivity index (χ4v) is 4.76. The van der Waals surface area contributed by atoms with Crippen LogP contribution in [0.3, 0.4) is 0 Å². The van der Waals surface area contributed by atoms with E-state index in [1.54, 1.807) is 4.90 Å². The number of amides is 2. The number of H-pyrrole nitrogens is 1. The summed E-state index contributed by atoms with van der Waals surface area (Å²) in [6.45, 7) is 8.64. The number of nitrogens with one attached hydrogen (secondary N) is 1. The smallest absolute Gasteiger partial charge is 0.410 e. The monoisotopic (exact) mass is 495 g/mol. The Hall–Kier alpha value is -3.26. The van der Waals surface area contributed by atoms with Gasteiger partial charge < -0.3 is 19.5 Å². The number of hydrogen-bond donors (Lipinski definition) is 1. The summed E-state index contributed by atoms with van der Waals surface area (Å²) in [6.07, 6.45) is 0.260. The maximum absolute atomic E-state index is 13.1. The van der Waals surface area contributed by atoms with Crippen LogP contribution in [0.1, 0.15) is 27.2 Å². The van der Waals surface area contributed by atoms with Crippen molar-refractivity contribution in [2.45, 2.75) is 38.8 Å². The first-order chi connectivity index (χ1) is 16.7. The number of hydrogen-bond acceptors (Lipinski definition) is 5. The van der Waals surface area contributed by atoms with Crippen LogP contribution in [0.4, 0.5) is 10.5 Å². The summed E-state index contributed by atoms with van der Waals surface area (Å²) in [7, 11) is 0. The van der Waals surface area contributed by atoms with E-state index in [1.165, 1.54) is 0 Å². The second kappa shape index (κ2) is 9.07. The Bertz CT molecular complexity index is 1230. The van der Waals surface area contributed by atoms with Crippen molar-refractivity contribution >= 4 is 40.3 Å². The Labute approximate surface area is 209 Å². The molecule has 1 aromatic heterocycles. The lowest BCUT2D eigenvalue weighted by Gasteiger charge is -2.44. The van der Waals surface area contributed by atoms with Crippen molar-refractivity contribution in [3.63, 3.8) is 0 Å². The molecule has 0 bridgehead atoms. The molecule has 0 radical (unpaired) electrons. The van der Waals surface area contributed by atoms with Gasteiger partial charge in [0.2, 0.25) is 5.91 Å².